The summed E-state index contributed by atoms with van der Waals surface area (Å²) in [4.78, 5) is 25.8. The maximum absolute atomic E-state index is 12.2. The van der Waals surface area contributed by atoms with Gasteiger partial charge in [0.15, 0.2) is 0 Å². The predicted molar refractivity (Wildman–Crippen MR) is 75.5 cm³/mol. The predicted octanol–water partition coefficient (Wildman–Crippen LogP) is 0.185. The van der Waals surface area contributed by atoms with E-state index in [1.165, 1.54) is 0 Å². The summed E-state index contributed by atoms with van der Waals surface area (Å²) in [5, 5.41) is 15.5. The number of carbonyl (C=O) groups is 2. The van der Waals surface area contributed by atoms with E-state index in [-0.39, 0.29) is 5.91 Å². The van der Waals surface area contributed by atoms with E-state index in [1.807, 2.05) is 0 Å². The Bertz CT molecular complexity index is 346. The fraction of sp³-hybridized carbons (Fsp3) is 0.857. The first-order valence-corrected chi connectivity index (χ1v) is 7.60. The van der Waals surface area contributed by atoms with Crippen molar-refractivity contribution in [1.29, 1.82) is 0 Å². The van der Waals surface area contributed by atoms with Crippen molar-refractivity contribution in [3.05, 3.63) is 0 Å². The molecule has 1 saturated heterocycles. The maximum Gasteiger partial charge on any atom is 0.329 e. The van der Waals surface area contributed by atoms with Gasteiger partial charge in [-0.2, -0.15) is 0 Å². The highest BCUT2D eigenvalue weighted by Gasteiger charge is 2.40. The van der Waals surface area contributed by atoms with E-state index in [0.29, 0.717) is 19.4 Å². The van der Waals surface area contributed by atoms with Crippen molar-refractivity contribution in [1.82, 2.24) is 15.5 Å². The van der Waals surface area contributed by atoms with Crippen molar-refractivity contribution in [2.75, 3.05) is 32.7 Å². The average Bonchev–Trinajstić information content (AvgIpc) is 2.68. The van der Waals surface area contributed by atoms with E-state index in [2.05, 4.69) is 15.5 Å². The third-order valence-corrected chi connectivity index (χ3v) is 4.30. The van der Waals surface area contributed by atoms with Gasteiger partial charge in [-0.3, -0.25) is 9.69 Å². The molecule has 3 N–H and O–H groups in total. The molecule has 114 valence electrons. The lowest BCUT2D eigenvalue weighted by molar-refractivity contribution is -0.149. The molecule has 0 spiro atoms. The lowest BCUT2D eigenvalue weighted by atomic mass is 9.81. The van der Waals surface area contributed by atoms with E-state index in [0.717, 1.165) is 51.9 Å². The molecule has 2 fully saturated rings. The highest BCUT2D eigenvalue weighted by atomic mass is 16.4. The fourth-order valence-corrected chi connectivity index (χ4v) is 3.12. The van der Waals surface area contributed by atoms with Gasteiger partial charge in [-0.15, -0.1) is 0 Å². The van der Waals surface area contributed by atoms with E-state index < -0.39 is 11.5 Å². The minimum absolute atomic E-state index is 0.156. The van der Waals surface area contributed by atoms with Crippen LogP contribution in [-0.2, 0) is 9.59 Å². The molecule has 0 bridgehead atoms. The van der Waals surface area contributed by atoms with Crippen molar-refractivity contribution >= 4 is 11.9 Å². The molecule has 1 aliphatic carbocycles. The Hall–Kier alpha value is -1.14. The Morgan fingerprint density at radius 3 is 2.55 bits per heavy atom. The van der Waals surface area contributed by atoms with Crippen LogP contribution in [0.5, 0.6) is 0 Å². The topological polar surface area (TPSA) is 81.7 Å². The second kappa shape index (κ2) is 7.04. The van der Waals surface area contributed by atoms with Crippen LogP contribution in [0.25, 0.3) is 0 Å². The summed E-state index contributed by atoms with van der Waals surface area (Å²) in [5.74, 6) is -1.04. The van der Waals surface area contributed by atoms with Crippen molar-refractivity contribution in [2.45, 2.75) is 44.1 Å². The summed E-state index contributed by atoms with van der Waals surface area (Å²) in [5.41, 5.74) is -1.03. The summed E-state index contributed by atoms with van der Waals surface area (Å²) < 4.78 is 0. The van der Waals surface area contributed by atoms with Gasteiger partial charge in [-0.05, 0) is 32.4 Å². The summed E-state index contributed by atoms with van der Waals surface area (Å²) in [6, 6.07) is 0. The van der Waals surface area contributed by atoms with Gasteiger partial charge in [-0.1, -0.05) is 19.3 Å². The Morgan fingerprint density at radius 1 is 1.10 bits per heavy atom. The smallest absolute Gasteiger partial charge is 0.329 e. The number of nitrogens with one attached hydrogen (secondary N) is 2. The lowest BCUT2D eigenvalue weighted by Crippen LogP contribution is -2.57. The van der Waals surface area contributed by atoms with Gasteiger partial charge in [0.1, 0.15) is 5.54 Å². The van der Waals surface area contributed by atoms with Crippen molar-refractivity contribution in [2.24, 2.45) is 0 Å². The highest BCUT2D eigenvalue weighted by Crippen LogP contribution is 2.28. The van der Waals surface area contributed by atoms with E-state index in [1.54, 1.807) is 0 Å². The molecule has 2 rings (SSSR count). The van der Waals surface area contributed by atoms with E-state index in [4.69, 9.17) is 0 Å². The number of hydrogen-bond acceptors (Lipinski definition) is 4. The number of hydrogen-bond donors (Lipinski definition) is 3. The SMILES string of the molecule is O=C(CN1CCCNCC1)NC1(C(=O)O)CCCCC1. The van der Waals surface area contributed by atoms with Gasteiger partial charge >= 0.3 is 5.97 Å². The number of carboxylic acids is 1. The molecule has 1 amide bonds. The summed E-state index contributed by atoms with van der Waals surface area (Å²) >= 11 is 0. The second-order valence-corrected chi connectivity index (χ2v) is 5.88. The van der Waals surface area contributed by atoms with Crippen LogP contribution >= 0.6 is 0 Å². The minimum Gasteiger partial charge on any atom is -0.480 e. The molecule has 0 radical (unpaired) electrons. The molecule has 0 atom stereocenters. The molecule has 1 heterocycles. The van der Waals surface area contributed by atoms with Crippen LogP contribution in [0.3, 0.4) is 0 Å². The molecule has 1 aliphatic heterocycles. The Morgan fingerprint density at radius 2 is 1.85 bits per heavy atom. The van der Waals surface area contributed by atoms with Crippen LogP contribution in [0.4, 0.5) is 0 Å². The quantitative estimate of drug-likeness (QED) is 0.686. The van der Waals surface area contributed by atoms with Crippen LogP contribution in [0.15, 0.2) is 0 Å². The number of carbonyl (C=O) groups excluding carboxylic acids is 1. The average molecular weight is 283 g/mol. The molecule has 0 aromatic carbocycles. The van der Waals surface area contributed by atoms with E-state index in [9.17, 15) is 14.7 Å². The first kappa shape index (κ1) is 15.3. The van der Waals surface area contributed by atoms with Gasteiger partial charge in [0.2, 0.25) is 5.91 Å². The largest absolute Gasteiger partial charge is 0.480 e. The van der Waals surface area contributed by atoms with Crippen LogP contribution in [0.1, 0.15) is 38.5 Å². The molecular formula is C14H25N3O3. The summed E-state index contributed by atoms with van der Waals surface area (Å²) in [7, 11) is 0. The Labute approximate surface area is 119 Å². The Kier molecular flexibility index (Phi) is 5.37. The first-order valence-electron chi connectivity index (χ1n) is 7.60. The van der Waals surface area contributed by atoms with Gasteiger partial charge in [0.05, 0.1) is 6.54 Å². The van der Waals surface area contributed by atoms with Gasteiger partial charge in [0, 0.05) is 13.1 Å². The highest BCUT2D eigenvalue weighted by molar-refractivity contribution is 5.88. The molecule has 6 nitrogen and oxygen atoms in total. The number of nitrogens with zero attached hydrogens (tertiary/aromatic N) is 1. The number of carboxylic acid groups (broad SMARTS) is 1. The molecule has 0 unspecified atom stereocenters. The van der Waals surface area contributed by atoms with Crippen LogP contribution in [0.2, 0.25) is 0 Å². The third kappa shape index (κ3) is 3.93. The van der Waals surface area contributed by atoms with Gasteiger partial charge in [-0.25, -0.2) is 4.79 Å². The molecule has 1 saturated carbocycles. The Balaban J connectivity index is 1.89. The third-order valence-electron chi connectivity index (χ3n) is 4.30. The van der Waals surface area contributed by atoms with Gasteiger partial charge < -0.3 is 15.7 Å². The standard InChI is InChI=1S/C14H25N3O3/c18-12(11-17-9-4-7-15-8-10-17)16-14(13(19)20)5-2-1-3-6-14/h15H,1-11H2,(H,16,18)(H,19,20). The lowest BCUT2D eigenvalue weighted by Gasteiger charge is -2.34. The number of amides is 1. The molecule has 20 heavy (non-hydrogen) atoms. The van der Waals surface area contributed by atoms with Crippen LogP contribution in [-0.4, -0.2) is 60.1 Å². The monoisotopic (exact) mass is 283 g/mol. The zero-order valence-corrected chi connectivity index (χ0v) is 12.0. The molecule has 0 aromatic rings. The fourth-order valence-electron chi connectivity index (χ4n) is 3.12. The molecule has 0 aromatic heterocycles. The summed E-state index contributed by atoms with van der Waals surface area (Å²) in [6.07, 6.45) is 4.94. The minimum atomic E-state index is -1.03. The van der Waals surface area contributed by atoms with Gasteiger partial charge in [0.25, 0.3) is 0 Å². The molecule has 2 aliphatic rings. The number of aliphatic carboxylic acids is 1. The van der Waals surface area contributed by atoms with Crippen LogP contribution < -0.4 is 10.6 Å². The molecule has 6 heteroatoms. The number of rotatable bonds is 4. The van der Waals surface area contributed by atoms with Crippen molar-refractivity contribution in [3.8, 4) is 0 Å². The second-order valence-electron chi connectivity index (χ2n) is 5.88. The van der Waals surface area contributed by atoms with Crippen molar-refractivity contribution in [3.63, 3.8) is 0 Å². The first-order chi connectivity index (χ1) is 9.62. The summed E-state index contributed by atoms with van der Waals surface area (Å²) in [6.45, 7) is 3.90. The zero-order chi connectivity index (χ0) is 14.4. The zero-order valence-electron chi connectivity index (χ0n) is 12.0. The molecular weight excluding hydrogens is 258 g/mol. The van der Waals surface area contributed by atoms with Crippen LogP contribution in [0, 0.1) is 0 Å². The maximum atomic E-state index is 12.2. The van der Waals surface area contributed by atoms with Crippen molar-refractivity contribution < 1.29 is 14.7 Å². The van der Waals surface area contributed by atoms with E-state index >= 15 is 0 Å². The normalized spacial score (nSPS) is 23.8.